The Morgan fingerprint density at radius 3 is 2.72 bits per heavy atom. The standard InChI is InChI=1S/C14H25NO3/c1-3-4-5-9-13(16)15-10-7-6-8-12(15)11-14(17)18-2/h12H,3-11H2,1-2H3. The van der Waals surface area contributed by atoms with Gasteiger partial charge in [-0.15, -0.1) is 0 Å². The van der Waals surface area contributed by atoms with Crippen LogP contribution >= 0.6 is 0 Å². The Balaban J connectivity index is 2.47. The minimum absolute atomic E-state index is 0.0559. The lowest BCUT2D eigenvalue weighted by molar-refractivity contribution is -0.144. The van der Waals surface area contributed by atoms with E-state index < -0.39 is 0 Å². The number of piperidine rings is 1. The summed E-state index contributed by atoms with van der Waals surface area (Å²) in [6.07, 6.45) is 7.21. The summed E-state index contributed by atoms with van der Waals surface area (Å²) in [6.45, 7) is 2.93. The van der Waals surface area contributed by atoms with Gasteiger partial charge in [-0.3, -0.25) is 9.59 Å². The minimum atomic E-state index is -0.215. The number of esters is 1. The van der Waals surface area contributed by atoms with Gasteiger partial charge >= 0.3 is 5.97 Å². The molecule has 1 rings (SSSR count). The molecule has 0 aromatic carbocycles. The third-order valence-corrected chi connectivity index (χ3v) is 3.57. The van der Waals surface area contributed by atoms with Gasteiger partial charge in [-0.25, -0.2) is 0 Å². The first-order valence-electron chi connectivity index (χ1n) is 7.05. The molecule has 1 aliphatic rings. The first kappa shape index (κ1) is 15.0. The average Bonchev–Trinajstić information content (AvgIpc) is 2.39. The van der Waals surface area contributed by atoms with Gasteiger partial charge in [0, 0.05) is 19.0 Å². The molecule has 1 heterocycles. The van der Waals surface area contributed by atoms with E-state index in [4.69, 9.17) is 4.74 Å². The molecular weight excluding hydrogens is 230 g/mol. The zero-order chi connectivity index (χ0) is 13.4. The van der Waals surface area contributed by atoms with Crippen molar-refractivity contribution in [1.29, 1.82) is 0 Å². The van der Waals surface area contributed by atoms with Crippen molar-refractivity contribution in [3.63, 3.8) is 0 Å². The molecule has 0 radical (unpaired) electrons. The Kier molecular flexibility index (Phi) is 6.76. The average molecular weight is 255 g/mol. The highest BCUT2D eigenvalue weighted by Crippen LogP contribution is 2.21. The Morgan fingerprint density at radius 1 is 1.28 bits per heavy atom. The molecule has 0 N–H and O–H groups in total. The maximum atomic E-state index is 12.1. The van der Waals surface area contributed by atoms with E-state index >= 15 is 0 Å². The van der Waals surface area contributed by atoms with Crippen LogP contribution in [-0.4, -0.2) is 36.5 Å². The van der Waals surface area contributed by atoms with Crippen LogP contribution in [0.2, 0.25) is 0 Å². The fraction of sp³-hybridized carbons (Fsp3) is 0.857. The molecule has 1 aliphatic heterocycles. The summed E-state index contributed by atoms with van der Waals surface area (Å²) in [4.78, 5) is 25.4. The lowest BCUT2D eigenvalue weighted by atomic mass is 9.98. The zero-order valence-corrected chi connectivity index (χ0v) is 11.6. The maximum absolute atomic E-state index is 12.1. The second-order valence-electron chi connectivity index (χ2n) is 4.97. The van der Waals surface area contributed by atoms with Crippen molar-refractivity contribution < 1.29 is 14.3 Å². The minimum Gasteiger partial charge on any atom is -0.469 e. The smallest absolute Gasteiger partial charge is 0.307 e. The summed E-state index contributed by atoms with van der Waals surface area (Å²) in [6, 6.07) is 0.0559. The summed E-state index contributed by atoms with van der Waals surface area (Å²) in [7, 11) is 1.40. The van der Waals surface area contributed by atoms with Gasteiger partial charge in [-0.2, -0.15) is 0 Å². The second-order valence-corrected chi connectivity index (χ2v) is 4.97. The molecule has 1 unspecified atom stereocenters. The number of ether oxygens (including phenoxy) is 1. The lowest BCUT2D eigenvalue weighted by Crippen LogP contribution is -2.44. The summed E-state index contributed by atoms with van der Waals surface area (Å²) < 4.78 is 4.70. The van der Waals surface area contributed by atoms with Gasteiger partial charge in [0.05, 0.1) is 13.5 Å². The Morgan fingerprint density at radius 2 is 2.06 bits per heavy atom. The van der Waals surface area contributed by atoms with Gasteiger partial charge in [-0.05, 0) is 25.7 Å². The lowest BCUT2D eigenvalue weighted by Gasteiger charge is -2.35. The van der Waals surface area contributed by atoms with Crippen molar-refractivity contribution in [3.8, 4) is 0 Å². The van der Waals surface area contributed by atoms with Crippen molar-refractivity contribution in [2.45, 2.75) is 64.3 Å². The topological polar surface area (TPSA) is 46.6 Å². The Labute approximate surface area is 110 Å². The monoisotopic (exact) mass is 255 g/mol. The molecule has 18 heavy (non-hydrogen) atoms. The van der Waals surface area contributed by atoms with Gasteiger partial charge in [0.15, 0.2) is 0 Å². The van der Waals surface area contributed by atoms with Gasteiger partial charge in [0.2, 0.25) is 5.91 Å². The van der Waals surface area contributed by atoms with Crippen molar-refractivity contribution in [3.05, 3.63) is 0 Å². The van der Waals surface area contributed by atoms with E-state index in [1.807, 2.05) is 4.90 Å². The fourth-order valence-corrected chi connectivity index (χ4v) is 2.49. The van der Waals surface area contributed by atoms with Crippen molar-refractivity contribution in [2.75, 3.05) is 13.7 Å². The molecule has 4 nitrogen and oxygen atoms in total. The number of carbonyl (C=O) groups is 2. The van der Waals surface area contributed by atoms with Gasteiger partial charge in [0.1, 0.15) is 0 Å². The van der Waals surface area contributed by atoms with E-state index in [1.165, 1.54) is 7.11 Å². The highest BCUT2D eigenvalue weighted by atomic mass is 16.5. The quantitative estimate of drug-likeness (QED) is 0.541. The number of rotatable bonds is 6. The number of methoxy groups -OCH3 is 1. The van der Waals surface area contributed by atoms with Crippen molar-refractivity contribution in [2.24, 2.45) is 0 Å². The molecule has 1 amide bonds. The normalized spacial score (nSPS) is 19.7. The van der Waals surface area contributed by atoms with Gasteiger partial charge in [-0.1, -0.05) is 19.8 Å². The molecule has 0 aromatic rings. The SMILES string of the molecule is CCCCCC(=O)N1CCCCC1CC(=O)OC. The number of hydrogen-bond donors (Lipinski definition) is 0. The van der Waals surface area contributed by atoms with E-state index in [-0.39, 0.29) is 17.9 Å². The summed E-state index contributed by atoms with van der Waals surface area (Å²) in [5, 5.41) is 0. The molecule has 0 bridgehead atoms. The Bertz CT molecular complexity index is 278. The van der Waals surface area contributed by atoms with E-state index in [0.717, 1.165) is 45.1 Å². The van der Waals surface area contributed by atoms with E-state index in [2.05, 4.69) is 6.92 Å². The first-order valence-corrected chi connectivity index (χ1v) is 7.05. The van der Waals surface area contributed by atoms with Crippen LogP contribution in [0.1, 0.15) is 58.3 Å². The molecule has 0 spiro atoms. The molecule has 1 fully saturated rings. The largest absolute Gasteiger partial charge is 0.469 e. The van der Waals surface area contributed by atoms with Crippen LogP contribution in [0, 0.1) is 0 Å². The van der Waals surface area contributed by atoms with Gasteiger partial charge < -0.3 is 9.64 Å². The molecule has 1 atom stereocenters. The Hall–Kier alpha value is -1.06. The molecule has 4 heteroatoms. The van der Waals surface area contributed by atoms with E-state index in [0.29, 0.717) is 12.8 Å². The molecule has 0 aliphatic carbocycles. The van der Waals surface area contributed by atoms with Gasteiger partial charge in [0.25, 0.3) is 0 Å². The number of unbranched alkanes of at least 4 members (excludes halogenated alkanes) is 2. The molecular formula is C14H25NO3. The molecule has 104 valence electrons. The maximum Gasteiger partial charge on any atom is 0.307 e. The predicted molar refractivity (Wildman–Crippen MR) is 70.1 cm³/mol. The number of hydrogen-bond acceptors (Lipinski definition) is 3. The summed E-state index contributed by atoms with van der Waals surface area (Å²) >= 11 is 0. The van der Waals surface area contributed by atoms with Crippen LogP contribution in [0.25, 0.3) is 0 Å². The van der Waals surface area contributed by atoms with Crippen LogP contribution in [0.5, 0.6) is 0 Å². The van der Waals surface area contributed by atoms with Crippen LogP contribution in [-0.2, 0) is 14.3 Å². The number of nitrogens with zero attached hydrogens (tertiary/aromatic N) is 1. The van der Waals surface area contributed by atoms with Crippen LogP contribution in [0.3, 0.4) is 0 Å². The van der Waals surface area contributed by atoms with E-state index in [9.17, 15) is 9.59 Å². The predicted octanol–water partition coefficient (Wildman–Crippen LogP) is 2.51. The number of carbonyl (C=O) groups excluding carboxylic acids is 2. The fourth-order valence-electron chi connectivity index (χ4n) is 2.49. The van der Waals surface area contributed by atoms with Crippen LogP contribution in [0.15, 0.2) is 0 Å². The highest BCUT2D eigenvalue weighted by Gasteiger charge is 2.28. The summed E-state index contributed by atoms with van der Waals surface area (Å²) in [5.41, 5.74) is 0. The van der Waals surface area contributed by atoms with Crippen LogP contribution in [0.4, 0.5) is 0 Å². The molecule has 1 saturated heterocycles. The van der Waals surface area contributed by atoms with Crippen LogP contribution < -0.4 is 0 Å². The second kappa shape index (κ2) is 8.11. The first-order chi connectivity index (χ1) is 8.69. The number of amides is 1. The molecule has 0 aromatic heterocycles. The summed E-state index contributed by atoms with van der Waals surface area (Å²) in [5.74, 6) is -0.00897. The third kappa shape index (κ3) is 4.67. The van der Waals surface area contributed by atoms with E-state index in [1.54, 1.807) is 0 Å². The third-order valence-electron chi connectivity index (χ3n) is 3.57. The number of likely N-dealkylation sites (tertiary alicyclic amines) is 1. The highest BCUT2D eigenvalue weighted by molar-refractivity contribution is 5.78. The van der Waals surface area contributed by atoms with Crippen molar-refractivity contribution >= 4 is 11.9 Å². The van der Waals surface area contributed by atoms with Crippen molar-refractivity contribution in [1.82, 2.24) is 4.90 Å². The molecule has 0 saturated carbocycles. The zero-order valence-electron chi connectivity index (χ0n) is 11.6.